The second-order valence-electron chi connectivity index (χ2n) is 11.0. The van der Waals surface area contributed by atoms with Crippen molar-refractivity contribution in [1.29, 1.82) is 0 Å². The number of rotatable bonds is 3. The Morgan fingerprint density at radius 3 is 2.11 bits per heavy atom. The van der Waals surface area contributed by atoms with Crippen LogP contribution < -0.4 is 15.4 Å². The van der Waals surface area contributed by atoms with Crippen LogP contribution in [0.1, 0.15) is 24.3 Å². The third kappa shape index (κ3) is 3.70. The molecule has 0 bridgehead atoms. The lowest BCUT2D eigenvalue weighted by Crippen LogP contribution is -2.60. The second-order valence-corrected chi connectivity index (χ2v) is 12.2. The molecular formula is C28H18Cl2F5N3O7. The number of hydrogen-bond donors (Lipinski definition) is 2. The maximum Gasteiger partial charge on any atom is 0.328 e. The Hall–Kier alpha value is -4.24. The summed E-state index contributed by atoms with van der Waals surface area (Å²) in [6.45, 7) is 0. The van der Waals surface area contributed by atoms with Crippen LogP contribution in [-0.4, -0.2) is 56.5 Å². The number of phenols is 1. The van der Waals surface area contributed by atoms with Crippen LogP contribution in [0.15, 0.2) is 29.8 Å². The number of halogens is 7. The zero-order valence-corrected chi connectivity index (χ0v) is 24.1. The number of primary amides is 1. The van der Waals surface area contributed by atoms with Gasteiger partial charge < -0.3 is 15.6 Å². The van der Waals surface area contributed by atoms with E-state index in [0.717, 1.165) is 6.07 Å². The molecule has 6 amide bonds. The van der Waals surface area contributed by atoms with Gasteiger partial charge >= 0.3 is 6.03 Å². The third-order valence-corrected chi connectivity index (χ3v) is 10.4. The van der Waals surface area contributed by atoms with Crippen LogP contribution in [0.4, 0.5) is 32.4 Å². The van der Waals surface area contributed by atoms with Gasteiger partial charge in [0.05, 0.1) is 18.9 Å². The fraction of sp³-hybridized carbons (Fsp3) is 0.321. The quantitative estimate of drug-likeness (QED) is 0.126. The van der Waals surface area contributed by atoms with Crippen LogP contribution >= 0.6 is 23.2 Å². The summed E-state index contributed by atoms with van der Waals surface area (Å²) in [6.07, 6.45) is 0.480. The Balaban J connectivity index is 1.61. The lowest BCUT2D eigenvalue weighted by Gasteiger charge is -2.50. The average molecular weight is 674 g/mol. The zero-order chi connectivity index (χ0) is 33.1. The molecule has 2 aromatic carbocycles. The van der Waals surface area contributed by atoms with E-state index in [4.69, 9.17) is 33.7 Å². The van der Waals surface area contributed by atoms with E-state index in [0.29, 0.717) is 0 Å². The van der Waals surface area contributed by atoms with Gasteiger partial charge in [-0.1, -0.05) is 17.7 Å². The number of fused-ring (bicyclic) bond motifs is 4. The van der Waals surface area contributed by atoms with Crippen molar-refractivity contribution in [1.82, 2.24) is 4.90 Å². The van der Waals surface area contributed by atoms with Gasteiger partial charge in [0.2, 0.25) is 17.6 Å². The largest absolute Gasteiger partial charge is 0.504 e. The van der Waals surface area contributed by atoms with Gasteiger partial charge in [-0.3, -0.25) is 19.2 Å². The smallest absolute Gasteiger partial charge is 0.328 e. The molecule has 2 aliphatic carbocycles. The van der Waals surface area contributed by atoms with Crippen LogP contribution in [0.3, 0.4) is 0 Å². The van der Waals surface area contributed by atoms with Crippen LogP contribution in [0.5, 0.6) is 11.5 Å². The molecule has 6 rings (SSSR count). The second kappa shape index (κ2) is 9.88. The molecule has 3 N–H and O–H groups in total. The maximum atomic E-state index is 15.0. The molecule has 1 saturated carbocycles. The van der Waals surface area contributed by atoms with E-state index in [9.17, 15) is 42.3 Å². The molecule has 2 saturated heterocycles. The van der Waals surface area contributed by atoms with Crippen molar-refractivity contribution >= 4 is 58.5 Å². The van der Waals surface area contributed by atoms with E-state index in [1.807, 2.05) is 0 Å². The maximum absolute atomic E-state index is 15.0. The molecule has 0 spiro atoms. The summed E-state index contributed by atoms with van der Waals surface area (Å²) in [4.78, 5) is 60.9. The van der Waals surface area contributed by atoms with Crippen molar-refractivity contribution in [3.05, 3.63) is 64.5 Å². The molecule has 236 valence electrons. The number of likely N-dealkylation sites (tertiary alicyclic amines) is 1. The fourth-order valence-corrected chi connectivity index (χ4v) is 7.98. The number of nitrogens with zero attached hydrogens (tertiary/aromatic N) is 2. The molecular weight excluding hydrogens is 656 g/mol. The van der Waals surface area contributed by atoms with Gasteiger partial charge in [-0.25, -0.2) is 31.6 Å². The van der Waals surface area contributed by atoms with Crippen LogP contribution in [0.2, 0.25) is 0 Å². The standard InChI is InChI=1S/C28H18Cl2F5N3O7/c1-45-13-5-2-8(6-12(13)39)15-9-3-4-10-14(23(41)38(22(10)40)26(36)44)11(9)7-27(29)24(42)37(25(43)28(15,27)30)21-19(34)17(32)16(31)18(33)20(21)35/h2-3,5-6,10-11,14-15,39H,4,7H2,1H3,(H2,36,44)/t10-,11+,14-,15-,27+,28-/m0/s1. The van der Waals surface area contributed by atoms with Crippen molar-refractivity contribution in [2.24, 2.45) is 23.5 Å². The first-order valence-corrected chi connectivity index (χ1v) is 13.8. The molecule has 4 aliphatic rings. The van der Waals surface area contributed by atoms with Crippen LogP contribution in [0, 0.1) is 46.8 Å². The minimum atomic E-state index is -2.77. The topological polar surface area (TPSA) is 147 Å². The van der Waals surface area contributed by atoms with Crippen LogP contribution in [0.25, 0.3) is 0 Å². The van der Waals surface area contributed by atoms with Crippen LogP contribution in [-0.2, 0) is 19.2 Å². The first-order valence-electron chi connectivity index (χ1n) is 13.1. The molecule has 0 unspecified atom stereocenters. The van der Waals surface area contributed by atoms with E-state index >= 15 is 8.78 Å². The number of urea groups is 1. The summed E-state index contributed by atoms with van der Waals surface area (Å²) in [7, 11) is 1.23. The Kier molecular flexibility index (Phi) is 6.76. The van der Waals surface area contributed by atoms with Gasteiger partial charge in [-0.2, -0.15) is 4.90 Å². The molecule has 10 nitrogen and oxygen atoms in total. The molecule has 6 atom stereocenters. The zero-order valence-electron chi connectivity index (χ0n) is 22.5. The molecule has 2 heterocycles. The highest BCUT2D eigenvalue weighted by molar-refractivity contribution is 6.58. The Labute approximate surface area is 259 Å². The number of carbonyl (C=O) groups is 5. The average Bonchev–Trinajstić information content (AvgIpc) is 3.33. The number of allylic oxidation sites excluding steroid dienone is 2. The number of amides is 6. The van der Waals surface area contributed by atoms with Crippen molar-refractivity contribution in [3.8, 4) is 11.5 Å². The van der Waals surface area contributed by atoms with Crippen molar-refractivity contribution in [2.75, 3.05) is 12.0 Å². The first kappa shape index (κ1) is 30.8. The number of alkyl halides is 2. The van der Waals surface area contributed by atoms with Gasteiger partial charge in [-0.15, -0.1) is 23.2 Å². The number of carbonyl (C=O) groups excluding carboxylic acids is 5. The van der Waals surface area contributed by atoms with E-state index in [1.54, 1.807) is 0 Å². The number of anilines is 1. The predicted molar refractivity (Wildman–Crippen MR) is 143 cm³/mol. The number of aromatic hydroxyl groups is 1. The first-order chi connectivity index (χ1) is 21.0. The lowest BCUT2D eigenvalue weighted by atomic mass is 9.56. The summed E-state index contributed by atoms with van der Waals surface area (Å²) in [5.74, 6) is -23.7. The minimum absolute atomic E-state index is 0.0355. The molecule has 0 aromatic heterocycles. The van der Waals surface area contributed by atoms with Gasteiger partial charge in [-0.05, 0) is 36.5 Å². The number of phenolic OH excluding ortho intramolecular Hbond substituents is 1. The number of nitrogens with two attached hydrogens (primary N) is 1. The highest BCUT2D eigenvalue weighted by Gasteiger charge is 2.77. The van der Waals surface area contributed by atoms with E-state index in [-0.39, 0.29) is 33.1 Å². The number of methoxy groups -OCH3 is 1. The fourth-order valence-electron chi connectivity index (χ4n) is 7.04. The minimum Gasteiger partial charge on any atom is -0.504 e. The number of ether oxygens (including phenoxy) is 1. The monoisotopic (exact) mass is 673 g/mol. The van der Waals surface area contributed by atoms with Crippen molar-refractivity contribution < 1.29 is 55.8 Å². The van der Waals surface area contributed by atoms with Gasteiger partial charge in [0.25, 0.3) is 11.8 Å². The van der Waals surface area contributed by atoms with Crippen molar-refractivity contribution in [2.45, 2.75) is 28.5 Å². The predicted octanol–water partition coefficient (Wildman–Crippen LogP) is 3.74. The summed E-state index contributed by atoms with van der Waals surface area (Å²) in [5, 5.41) is 10.6. The Bertz CT molecular complexity index is 1800. The lowest BCUT2D eigenvalue weighted by molar-refractivity contribution is -0.136. The number of imide groups is 4. The van der Waals surface area contributed by atoms with E-state index in [2.05, 4.69) is 0 Å². The Morgan fingerprint density at radius 1 is 0.956 bits per heavy atom. The number of hydrogen-bond acceptors (Lipinski definition) is 7. The summed E-state index contributed by atoms with van der Waals surface area (Å²) >= 11 is 13.9. The SMILES string of the molecule is COc1ccc([C@H]2C3=CC[C@@H]4C(=O)N(C(N)=O)C(=O)[C@@H]4[C@@H]3C[C@@]3(Cl)C(=O)N(c4c(F)c(F)c(F)c(F)c4F)C(=O)[C@@]23Cl)cc1O. The van der Waals surface area contributed by atoms with Gasteiger partial charge in [0, 0.05) is 5.92 Å². The normalized spacial score (nSPS) is 30.7. The summed E-state index contributed by atoms with van der Waals surface area (Å²) < 4.78 is 77.5. The molecule has 0 radical (unpaired) electrons. The van der Waals surface area contributed by atoms with Gasteiger partial charge in [0.15, 0.2) is 44.5 Å². The highest BCUT2D eigenvalue weighted by atomic mass is 35.5. The highest BCUT2D eigenvalue weighted by Crippen LogP contribution is 2.66. The molecule has 17 heteroatoms. The Morgan fingerprint density at radius 2 is 1.56 bits per heavy atom. The third-order valence-electron chi connectivity index (χ3n) is 8.98. The molecule has 3 fully saturated rings. The van der Waals surface area contributed by atoms with Crippen molar-refractivity contribution in [3.63, 3.8) is 0 Å². The summed E-state index contributed by atoms with van der Waals surface area (Å²) in [6, 6.07) is 2.26. The van der Waals surface area contributed by atoms with E-state index < -0.39 is 110 Å². The number of benzene rings is 2. The molecule has 2 aliphatic heterocycles. The van der Waals surface area contributed by atoms with Gasteiger partial charge in [0.1, 0.15) is 5.69 Å². The van der Waals surface area contributed by atoms with E-state index in [1.165, 1.54) is 25.3 Å². The summed E-state index contributed by atoms with van der Waals surface area (Å²) in [5.41, 5.74) is 3.43. The molecule has 45 heavy (non-hydrogen) atoms. The molecule has 2 aromatic rings.